The van der Waals surface area contributed by atoms with Gasteiger partial charge in [-0.15, -0.1) is 12.4 Å². The highest BCUT2D eigenvalue weighted by molar-refractivity contribution is 5.86. The standard InChI is InChI=1S/C16H24N2O2.ClH/c1-12(13-8-4-5-9-14(13)20-3)18-15(19)16(2)10-6-7-11-17-16;/h4-5,8-9,12,17H,6-7,10-11H2,1-3H3,(H,18,19);1H. The molecule has 1 aliphatic rings. The van der Waals surface area contributed by atoms with Crippen LogP contribution in [0.5, 0.6) is 5.75 Å². The number of nitrogens with one attached hydrogen (secondary N) is 2. The zero-order chi connectivity index (χ0) is 14.6. The van der Waals surface area contributed by atoms with Gasteiger partial charge in [0.05, 0.1) is 18.7 Å². The molecule has 4 nitrogen and oxygen atoms in total. The van der Waals surface area contributed by atoms with E-state index in [1.807, 2.05) is 38.1 Å². The lowest BCUT2D eigenvalue weighted by atomic mass is 9.89. The van der Waals surface area contributed by atoms with E-state index in [9.17, 15) is 4.79 Å². The third-order valence-electron chi connectivity index (χ3n) is 4.07. The monoisotopic (exact) mass is 312 g/mol. The van der Waals surface area contributed by atoms with Crippen molar-refractivity contribution < 1.29 is 9.53 Å². The molecule has 1 aromatic rings. The van der Waals surface area contributed by atoms with Crippen molar-refractivity contribution in [3.05, 3.63) is 29.8 Å². The molecule has 1 aromatic carbocycles. The Balaban J connectivity index is 0.00000220. The fraction of sp³-hybridized carbons (Fsp3) is 0.562. The SMILES string of the molecule is COc1ccccc1C(C)NC(=O)C1(C)CCCCN1.Cl. The number of para-hydroxylation sites is 1. The second kappa shape index (κ2) is 7.66. The van der Waals surface area contributed by atoms with Crippen LogP contribution in [0.15, 0.2) is 24.3 Å². The fourth-order valence-corrected chi connectivity index (χ4v) is 2.71. The van der Waals surface area contributed by atoms with Crippen LogP contribution in [-0.4, -0.2) is 25.1 Å². The van der Waals surface area contributed by atoms with Crippen molar-refractivity contribution in [2.24, 2.45) is 0 Å². The first-order valence-corrected chi connectivity index (χ1v) is 7.26. The van der Waals surface area contributed by atoms with Gasteiger partial charge in [0.25, 0.3) is 0 Å². The predicted molar refractivity (Wildman–Crippen MR) is 87.1 cm³/mol. The molecule has 2 atom stereocenters. The molecular formula is C16H25ClN2O2. The molecule has 118 valence electrons. The van der Waals surface area contributed by atoms with E-state index in [0.29, 0.717) is 0 Å². The summed E-state index contributed by atoms with van der Waals surface area (Å²) in [4.78, 5) is 12.5. The Morgan fingerprint density at radius 1 is 1.38 bits per heavy atom. The minimum absolute atomic E-state index is 0. The normalized spacial score (nSPS) is 22.8. The molecule has 2 unspecified atom stereocenters. The molecule has 0 saturated carbocycles. The molecule has 1 heterocycles. The number of hydrogen-bond donors (Lipinski definition) is 2. The van der Waals surface area contributed by atoms with Gasteiger partial charge < -0.3 is 15.4 Å². The zero-order valence-corrected chi connectivity index (χ0v) is 13.8. The number of halogens is 1. The Labute approximate surface area is 133 Å². The number of piperidine rings is 1. The highest BCUT2D eigenvalue weighted by Gasteiger charge is 2.35. The van der Waals surface area contributed by atoms with Crippen LogP contribution < -0.4 is 15.4 Å². The molecule has 5 heteroatoms. The summed E-state index contributed by atoms with van der Waals surface area (Å²) in [5.74, 6) is 0.873. The van der Waals surface area contributed by atoms with Crippen LogP contribution in [0.4, 0.5) is 0 Å². The molecule has 2 rings (SSSR count). The van der Waals surface area contributed by atoms with E-state index in [-0.39, 0.29) is 24.4 Å². The van der Waals surface area contributed by atoms with Crippen LogP contribution in [-0.2, 0) is 4.79 Å². The number of hydrogen-bond acceptors (Lipinski definition) is 3. The Hall–Kier alpha value is -1.26. The van der Waals surface area contributed by atoms with Crippen molar-refractivity contribution >= 4 is 18.3 Å². The van der Waals surface area contributed by atoms with Gasteiger partial charge in [-0.25, -0.2) is 0 Å². The van der Waals surface area contributed by atoms with Crippen LogP contribution in [0.2, 0.25) is 0 Å². The number of rotatable bonds is 4. The van der Waals surface area contributed by atoms with Gasteiger partial charge in [0.15, 0.2) is 0 Å². The van der Waals surface area contributed by atoms with Gasteiger partial charge in [0.2, 0.25) is 5.91 Å². The average molecular weight is 313 g/mol. The molecule has 0 aromatic heterocycles. The number of carbonyl (C=O) groups is 1. The van der Waals surface area contributed by atoms with E-state index < -0.39 is 5.54 Å². The largest absolute Gasteiger partial charge is 0.496 e. The molecule has 2 N–H and O–H groups in total. The van der Waals surface area contributed by atoms with Gasteiger partial charge >= 0.3 is 0 Å². The summed E-state index contributed by atoms with van der Waals surface area (Å²) in [6, 6.07) is 7.72. The number of benzene rings is 1. The molecule has 21 heavy (non-hydrogen) atoms. The lowest BCUT2D eigenvalue weighted by Crippen LogP contribution is -2.57. The average Bonchev–Trinajstić information content (AvgIpc) is 2.47. The van der Waals surface area contributed by atoms with Crippen LogP contribution in [0, 0.1) is 0 Å². The summed E-state index contributed by atoms with van der Waals surface area (Å²) >= 11 is 0. The van der Waals surface area contributed by atoms with E-state index >= 15 is 0 Å². The minimum Gasteiger partial charge on any atom is -0.496 e. The first kappa shape index (κ1) is 17.8. The van der Waals surface area contributed by atoms with E-state index in [0.717, 1.165) is 37.1 Å². The van der Waals surface area contributed by atoms with Crippen LogP contribution in [0.25, 0.3) is 0 Å². The number of ether oxygens (including phenoxy) is 1. The summed E-state index contributed by atoms with van der Waals surface area (Å²) in [6.07, 6.45) is 3.13. The highest BCUT2D eigenvalue weighted by Crippen LogP contribution is 2.26. The molecular weight excluding hydrogens is 288 g/mol. The first-order valence-electron chi connectivity index (χ1n) is 7.26. The van der Waals surface area contributed by atoms with Crippen LogP contribution in [0.1, 0.15) is 44.7 Å². The summed E-state index contributed by atoms with van der Waals surface area (Å²) < 4.78 is 5.35. The van der Waals surface area contributed by atoms with Gasteiger partial charge in [-0.05, 0) is 45.7 Å². The molecule has 0 radical (unpaired) electrons. The summed E-state index contributed by atoms with van der Waals surface area (Å²) in [6.45, 7) is 4.88. The smallest absolute Gasteiger partial charge is 0.240 e. The lowest BCUT2D eigenvalue weighted by molar-refractivity contribution is -0.128. The van der Waals surface area contributed by atoms with Crippen molar-refractivity contribution in [3.8, 4) is 5.75 Å². The molecule has 1 fully saturated rings. The Morgan fingerprint density at radius 3 is 2.71 bits per heavy atom. The molecule has 1 aliphatic heterocycles. The van der Waals surface area contributed by atoms with E-state index in [4.69, 9.17) is 4.74 Å². The van der Waals surface area contributed by atoms with E-state index in [1.165, 1.54) is 0 Å². The van der Waals surface area contributed by atoms with Crippen molar-refractivity contribution in [2.75, 3.05) is 13.7 Å². The number of carbonyl (C=O) groups excluding carboxylic acids is 1. The minimum atomic E-state index is -0.450. The van der Waals surface area contributed by atoms with Crippen molar-refractivity contribution in [3.63, 3.8) is 0 Å². The Kier molecular flexibility index (Phi) is 6.49. The third kappa shape index (κ3) is 4.11. The van der Waals surface area contributed by atoms with Crippen molar-refractivity contribution in [2.45, 2.75) is 44.7 Å². The second-order valence-corrected chi connectivity index (χ2v) is 5.65. The van der Waals surface area contributed by atoms with Gasteiger partial charge in [-0.2, -0.15) is 0 Å². The zero-order valence-electron chi connectivity index (χ0n) is 12.9. The van der Waals surface area contributed by atoms with Crippen molar-refractivity contribution in [1.82, 2.24) is 10.6 Å². The molecule has 1 amide bonds. The predicted octanol–water partition coefficient (Wildman–Crippen LogP) is 2.83. The second-order valence-electron chi connectivity index (χ2n) is 5.65. The third-order valence-corrected chi connectivity index (χ3v) is 4.07. The van der Waals surface area contributed by atoms with Gasteiger partial charge in [-0.1, -0.05) is 18.2 Å². The summed E-state index contributed by atoms with van der Waals surface area (Å²) in [5.41, 5.74) is 0.553. The maximum atomic E-state index is 12.5. The van der Waals surface area contributed by atoms with Gasteiger partial charge in [-0.3, -0.25) is 4.79 Å². The highest BCUT2D eigenvalue weighted by atomic mass is 35.5. The summed E-state index contributed by atoms with van der Waals surface area (Å²) in [5, 5.41) is 6.44. The van der Waals surface area contributed by atoms with Gasteiger partial charge in [0.1, 0.15) is 5.75 Å². The van der Waals surface area contributed by atoms with E-state index in [2.05, 4.69) is 10.6 Å². The maximum absolute atomic E-state index is 12.5. The lowest BCUT2D eigenvalue weighted by Gasteiger charge is -2.34. The Bertz CT molecular complexity index is 473. The maximum Gasteiger partial charge on any atom is 0.240 e. The molecule has 0 bridgehead atoms. The van der Waals surface area contributed by atoms with Crippen molar-refractivity contribution in [1.29, 1.82) is 0 Å². The summed E-state index contributed by atoms with van der Waals surface area (Å²) in [7, 11) is 1.65. The van der Waals surface area contributed by atoms with Crippen LogP contribution >= 0.6 is 12.4 Å². The topological polar surface area (TPSA) is 50.4 Å². The molecule has 0 aliphatic carbocycles. The quantitative estimate of drug-likeness (QED) is 0.899. The fourth-order valence-electron chi connectivity index (χ4n) is 2.71. The molecule has 1 saturated heterocycles. The Morgan fingerprint density at radius 2 is 2.10 bits per heavy atom. The van der Waals surface area contributed by atoms with Crippen LogP contribution in [0.3, 0.4) is 0 Å². The number of amides is 1. The first-order chi connectivity index (χ1) is 9.57. The van der Waals surface area contributed by atoms with Gasteiger partial charge in [0, 0.05) is 5.56 Å². The van der Waals surface area contributed by atoms with E-state index in [1.54, 1.807) is 7.11 Å². The number of methoxy groups -OCH3 is 1. The molecule has 0 spiro atoms.